The average molecular weight is 352 g/mol. The normalized spacial score (nSPS) is 27.6. The summed E-state index contributed by atoms with van der Waals surface area (Å²) in [5, 5.41) is 3.63. The van der Waals surface area contributed by atoms with Gasteiger partial charge in [0.05, 0.1) is 7.11 Å². The highest BCUT2D eigenvalue weighted by Crippen LogP contribution is 2.33. The SMILES string of the molecule is COc1ccc(Br)c(CC(=O)CC2CC3CCC(C2)N3)c1. The first-order valence-corrected chi connectivity index (χ1v) is 8.53. The Kier molecular flexibility index (Phi) is 4.65. The quantitative estimate of drug-likeness (QED) is 0.882. The molecular weight excluding hydrogens is 330 g/mol. The molecule has 0 spiro atoms. The molecule has 2 unspecified atom stereocenters. The summed E-state index contributed by atoms with van der Waals surface area (Å²) < 4.78 is 6.23. The molecule has 0 radical (unpaired) electrons. The largest absolute Gasteiger partial charge is 0.497 e. The molecule has 2 heterocycles. The summed E-state index contributed by atoms with van der Waals surface area (Å²) in [6, 6.07) is 7.12. The maximum Gasteiger partial charge on any atom is 0.137 e. The van der Waals surface area contributed by atoms with Crippen LogP contribution in [0, 0.1) is 5.92 Å². The third-order valence-electron chi connectivity index (χ3n) is 4.73. The van der Waals surface area contributed by atoms with Crippen LogP contribution in [0.15, 0.2) is 22.7 Å². The highest BCUT2D eigenvalue weighted by atomic mass is 79.9. The van der Waals surface area contributed by atoms with Crippen LogP contribution in [0.3, 0.4) is 0 Å². The lowest BCUT2D eigenvalue weighted by Crippen LogP contribution is -2.38. The fourth-order valence-electron chi connectivity index (χ4n) is 3.76. The van der Waals surface area contributed by atoms with Gasteiger partial charge in [0.15, 0.2) is 0 Å². The Bertz CT molecular complexity index is 520. The van der Waals surface area contributed by atoms with E-state index < -0.39 is 0 Å². The average Bonchev–Trinajstić information content (AvgIpc) is 2.80. The maximum atomic E-state index is 12.4. The number of nitrogens with one attached hydrogen (secondary N) is 1. The minimum atomic E-state index is 0.343. The number of hydrogen-bond acceptors (Lipinski definition) is 3. The molecule has 3 nitrogen and oxygen atoms in total. The lowest BCUT2D eigenvalue weighted by Gasteiger charge is -2.28. The van der Waals surface area contributed by atoms with Gasteiger partial charge in [0.25, 0.3) is 0 Å². The second-order valence-electron chi connectivity index (χ2n) is 6.35. The van der Waals surface area contributed by atoms with Crippen LogP contribution in [0.2, 0.25) is 0 Å². The fraction of sp³-hybridized carbons (Fsp3) is 0.588. The Morgan fingerprint density at radius 3 is 2.71 bits per heavy atom. The number of carbonyl (C=O) groups is 1. The van der Waals surface area contributed by atoms with Gasteiger partial charge in [-0.3, -0.25) is 4.79 Å². The molecule has 2 atom stereocenters. The van der Waals surface area contributed by atoms with E-state index in [4.69, 9.17) is 4.74 Å². The van der Waals surface area contributed by atoms with Gasteiger partial charge in [-0.1, -0.05) is 15.9 Å². The Balaban J connectivity index is 1.59. The van der Waals surface area contributed by atoms with Crippen LogP contribution >= 0.6 is 15.9 Å². The predicted molar refractivity (Wildman–Crippen MR) is 86.7 cm³/mol. The van der Waals surface area contributed by atoms with Crippen molar-refractivity contribution in [2.45, 2.75) is 50.6 Å². The summed E-state index contributed by atoms with van der Waals surface area (Å²) in [7, 11) is 1.65. The van der Waals surface area contributed by atoms with Crippen molar-refractivity contribution in [3.8, 4) is 5.75 Å². The van der Waals surface area contributed by atoms with Crippen molar-refractivity contribution >= 4 is 21.7 Å². The van der Waals surface area contributed by atoms with Crippen LogP contribution in [-0.4, -0.2) is 25.0 Å². The molecule has 1 aromatic rings. The molecule has 2 saturated heterocycles. The van der Waals surface area contributed by atoms with Crippen LogP contribution in [0.25, 0.3) is 0 Å². The van der Waals surface area contributed by atoms with Gasteiger partial charge in [-0.25, -0.2) is 0 Å². The molecular formula is C17H22BrNO2. The van der Waals surface area contributed by atoms with Gasteiger partial charge in [0.2, 0.25) is 0 Å². The number of carbonyl (C=O) groups excluding carboxylic acids is 1. The number of halogens is 1. The molecule has 4 heteroatoms. The van der Waals surface area contributed by atoms with E-state index in [0.717, 1.165) is 22.2 Å². The second-order valence-corrected chi connectivity index (χ2v) is 7.21. The molecule has 2 aliphatic rings. The van der Waals surface area contributed by atoms with Crippen molar-refractivity contribution < 1.29 is 9.53 Å². The summed E-state index contributed by atoms with van der Waals surface area (Å²) in [6.07, 6.45) is 6.13. The predicted octanol–water partition coefficient (Wildman–Crippen LogP) is 3.49. The molecule has 0 aliphatic carbocycles. The van der Waals surface area contributed by atoms with Gasteiger partial charge in [-0.2, -0.15) is 0 Å². The van der Waals surface area contributed by atoms with Crippen LogP contribution < -0.4 is 10.1 Å². The van der Waals surface area contributed by atoms with Crippen LogP contribution in [-0.2, 0) is 11.2 Å². The molecule has 3 rings (SSSR count). The van der Waals surface area contributed by atoms with Gasteiger partial charge in [-0.05, 0) is 55.4 Å². The molecule has 21 heavy (non-hydrogen) atoms. The smallest absolute Gasteiger partial charge is 0.137 e. The Morgan fingerprint density at radius 1 is 1.33 bits per heavy atom. The minimum Gasteiger partial charge on any atom is -0.497 e. The van der Waals surface area contributed by atoms with Crippen molar-refractivity contribution in [1.29, 1.82) is 0 Å². The van der Waals surface area contributed by atoms with E-state index in [1.165, 1.54) is 25.7 Å². The Labute approximate surface area is 134 Å². The highest BCUT2D eigenvalue weighted by Gasteiger charge is 2.34. The van der Waals surface area contributed by atoms with E-state index in [2.05, 4.69) is 21.2 Å². The number of ether oxygens (including phenoxy) is 1. The number of fused-ring (bicyclic) bond motifs is 2. The molecule has 2 bridgehead atoms. The fourth-order valence-corrected chi connectivity index (χ4v) is 4.15. The minimum absolute atomic E-state index is 0.343. The molecule has 0 amide bonds. The highest BCUT2D eigenvalue weighted by molar-refractivity contribution is 9.10. The molecule has 2 fully saturated rings. The van der Waals surface area contributed by atoms with Crippen LogP contribution in [0.1, 0.15) is 37.7 Å². The maximum absolute atomic E-state index is 12.4. The topological polar surface area (TPSA) is 38.3 Å². The van der Waals surface area contributed by atoms with Crippen LogP contribution in [0.4, 0.5) is 0 Å². The van der Waals surface area contributed by atoms with E-state index in [-0.39, 0.29) is 0 Å². The zero-order chi connectivity index (χ0) is 14.8. The van der Waals surface area contributed by atoms with Crippen molar-refractivity contribution in [1.82, 2.24) is 5.32 Å². The van der Waals surface area contributed by atoms with E-state index in [1.54, 1.807) is 7.11 Å². The van der Waals surface area contributed by atoms with Gasteiger partial charge in [-0.15, -0.1) is 0 Å². The first-order valence-electron chi connectivity index (χ1n) is 7.74. The molecule has 0 saturated carbocycles. The lowest BCUT2D eigenvalue weighted by molar-refractivity contribution is -0.119. The van der Waals surface area contributed by atoms with Gasteiger partial charge < -0.3 is 10.1 Å². The zero-order valence-corrected chi connectivity index (χ0v) is 14.0. The summed E-state index contributed by atoms with van der Waals surface area (Å²) in [5.41, 5.74) is 1.02. The molecule has 114 valence electrons. The number of methoxy groups -OCH3 is 1. The van der Waals surface area contributed by atoms with Crippen molar-refractivity contribution in [2.75, 3.05) is 7.11 Å². The molecule has 1 aromatic carbocycles. The van der Waals surface area contributed by atoms with Gasteiger partial charge >= 0.3 is 0 Å². The first kappa shape index (κ1) is 15.0. The van der Waals surface area contributed by atoms with Gasteiger partial charge in [0, 0.05) is 29.4 Å². The summed E-state index contributed by atoms with van der Waals surface area (Å²) >= 11 is 3.52. The van der Waals surface area contributed by atoms with E-state index in [1.807, 2.05) is 18.2 Å². The number of Topliss-reactive ketones (excluding diaryl/α,β-unsaturated/α-hetero) is 1. The Morgan fingerprint density at radius 2 is 2.05 bits per heavy atom. The van der Waals surface area contributed by atoms with Gasteiger partial charge in [0.1, 0.15) is 11.5 Å². The summed E-state index contributed by atoms with van der Waals surface area (Å²) in [6.45, 7) is 0. The van der Waals surface area contributed by atoms with Crippen molar-refractivity contribution in [3.05, 3.63) is 28.2 Å². The van der Waals surface area contributed by atoms with E-state index >= 15 is 0 Å². The standard InChI is InChI=1S/C17H22BrNO2/c1-21-16-4-5-17(18)12(10-16)9-15(20)8-11-6-13-2-3-14(7-11)19-13/h4-5,10-11,13-14,19H,2-3,6-9H2,1H3. The zero-order valence-electron chi connectivity index (χ0n) is 12.4. The molecule has 2 aliphatic heterocycles. The first-order chi connectivity index (χ1) is 10.1. The third-order valence-corrected chi connectivity index (χ3v) is 5.50. The van der Waals surface area contributed by atoms with Crippen molar-refractivity contribution in [2.24, 2.45) is 5.92 Å². The number of rotatable bonds is 5. The summed E-state index contributed by atoms with van der Waals surface area (Å²) in [5.74, 6) is 1.72. The summed E-state index contributed by atoms with van der Waals surface area (Å²) in [4.78, 5) is 12.4. The molecule has 1 N–H and O–H groups in total. The number of benzene rings is 1. The van der Waals surface area contributed by atoms with Crippen LogP contribution in [0.5, 0.6) is 5.75 Å². The number of hydrogen-bond donors (Lipinski definition) is 1. The number of ketones is 1. The second kappa shape index (κ2) is 6.49. The lowest BCUT2D eigenvalue weighted by atomic mass is 9.87. The third kappa shape index (κ3) is 3.67. The molecule has 0 aromatic heterocycles. The van der Waals surface area contributed by atoms with Crippen molar-refractivity contribution in [3.63, 3.8) is 0 Å². The Hall–Kier alpha value is -0.870. The van der Waals surface area contributed by atoms with E-state index in [9.17, 15) is 4.79 Å². The monoisotopic (exact) mass is 351 g/mol. The van der Waals surface area contributed by atoms with E-state index in [0.29, 0.717) is 30.2 Å². The number of piperidine rings is 1.